The van der Waals surface area contributed by atoms with Crippen LogP contribution in [0.15, 0.2) is 76.7 Å². The predicted octanol–water partition coefficient (Wildman–Crippen LogP) is 4.55. The summed E-state index contributed by atoms with van der Waals surface area (Å²) in [5.41, 5.74) is 4.00. The number of benzene rings is 2. The maximum absolute atomic E-state index is 11.0. The van der Waals surface area contributed by atoms with Gasteiger partial charge in [-0.1, -0.05) is 0 Å². The van der Waals surface area contributed by atoms with E-state index in [1.165, 1.54) is 0 Å². The number of ether oxygens (including phenoxy) is 2. The minimum Gasteiger partial charge on any atom is -0.493 e. The van der Waals surface area contributed by atoms with Crippen LogP contribution in [0.4, 0.5) is 0 Å². The number of methoxy groups -OCH3 is 2. The van der Waals surface area contributed by atoms with Crippen molar-refractivity contribution in [3.63, 3.8) is 0 Å². The Bertz CT molecular complexity index is 1410. The number of hydrogen-bond donors (Lipinski definition) is 0. The average molecular weight is 445 g/mol. The van der Waals surface area contributed by atoms with Crippen LogP contribution in [-0.2, 0) is 15.9 Å². The zero-order chi connectivity index (χ0) is 22.1. The van der Waals surface area contributed by atoms with Crippen LogP contribution in [0.25, 0.3) is 39.2 Å². The van der Waals surface area contributed by atoms with Gasteiger partial charge < -0.3 is 13.9 Å². The fraction of sp³-hybridized carbons (Fsp3) is 0.0870. The van der Waals surface area contributed by atoms with Gasteiger partial charge in [-0.25, -0.2) is 14.6 Å². The molecule has 3 aromatic heterocycles. The zero-order valence-corrected chi connectivity index (χ0v) is 18.0. The Labute approximate surface area is 186 Å². The molecular weight excluding hydrogens is 428 g/mol. The lowest BCUT2D eigenvalue weighted by molar-refractivity contribution is 0.356. The summed E-state index contributed by atoms with van der Waals surface area (Å²) in [6, 6.07) is 12.8. The Morgan fingerprint density at radius 1 is 0.938 bits per heavy atom. The van der Waals surface area contributed by atoms with Crippen molar-refractivity contribution in [2.75, 3.05) is 14.2 Å². The van der Waals surface area contributed by atoms with Gasteiger partial charge in [-0.05, 0) is 29.8 Å². The molecule has 2 aromatic carbocycles. The second-order valence-corrected chi connectivity index (χ2v) is 7.53. The van der Waals surface area contributed by atoms with Crippen LogP contribution in [-0.4, -0.2) is 34.0 Å². The largest absolute Gasteiger partial charge is 0.505 e. The Kier molecular flexibility index (Phi) is 5.08. The molecule has 0 fully saturated rings. The second kappa shape index (κ2) is 8.20. The van der Waals surface area contributed by atoms with E-state index in [1.807, 2.05) is 36.5 Å². The molecule has 3 heterocycles. The first-order valence-electron chi connectivity index (χ1n) is 9.62. The van der Waals surface area contributed by atoms with Crippen LogP contribution in [0.3, 0.4) is 0 Å². The van der Waals surface area contributed by atoms with Crippen molar-refractivity contribution in [2.45, 2.75) is 4.90 Å². The summed E-state index contributed by atoms with van der Waals surface area (Å²) >= 11 is 0.464. The van der Waals surface area contributed by atoms with E-state index in [9.17, 15) is 4.21 Å². The van der Waals surface area contributed by atoms with E-state index in [4.69, 9.17) is 23.9 Å². The first-order valence-corrected chi connectivity index (χ1v) is 10.4. The average Bonchev–Trinajstić information content (AvgIpc) is 3.55. The summed E-state index contributed by atoms with van der Waals surface area (Å²) < 4.78 is 28.8. The normalized spacial score (nSPS) is 10.9. The highest BCUT2D eigenvalue weighted by molar-refractivity contribution is 7.65. The molecule has 0 saturated carbocycles. The van der Waals surface area contributed by atoms with Gasteiger partial charge in [0.2, 0.25) is 0 Å². The van der Waals surface area contributed by atoms with E-state index in [-0.39, 0.29) is 0 Å². The van der Waals surface area contributed by atoms with E-state index >= 15 is 0 Å². The highest BCUT2D eigenvalue weighted by atomic mass is 32.1. The maximum Gasteiger partial charge on any atom is 0.505 e. The fourth-order valence-corrected chi connectivity index (χ4v) is 3.70. The summed E-state index contributed by atoms with van der Waals surface area (Å²) in [6.07, 6.45) is 6.81. The summed E-state index contributed by atoms with van der Waals surface area (Å²) in [5.74, 6) is 1.56. The minimum absolute atomic E-state index is 0.402. The topological polar surface area (TPSA) is 92.3 Å². The SMILES string of the molecule is COc1cc2nc(-n3cc(-c4ccc([S+]=O)cc4)cn3)nc(-c3ccoc3)c2cc1OC. The third kappa shape index (κ3) is 3.48. The molecule has 5 aromatic rings. The molecule has 0 unspecified atom stereocenters. The molecule has 0 saturated heterocycles. The highest BCUT2D eigenvalue weighted by Gasteiger charge is 2.17. The Hall–Kier alpha value is -4.11. The Morgan fingerprint density at radius 3 is 2.41 bits per heavy atom. The van der Waals surface area contributed by atoms with Gasteiger partial charge in [0, 0.05) is 45.1 Å². The molecule has 5 rings (SSSR count). The van der Waals surface area contributed by atoms with Gasteiger partial charge in [0.15, 0.2) is 11.5 Å². The van der Waals surface area contributed by atoms with Crippen LogP contribution in [0.1, 0.15) is 0 Å². The van der Waals surface area contributed by atoms with Crippen LogP contribution >= 0.6 is 0 Å². The molecule has 158 valence electrons. The van der Waals surface area contributed by atoms with Crippen LogP contribution in [0.5, 0.6) is 11.5 Å². The first-order chi connectivity index (χ1) is 15.7. The van der Waals surface area contributed by atoms with Crippen molar-refractivity contribution >= 4 is 22.6 Å². The molecule has 0 aliphatic carbocycles. The van der Waals surface area contributed by atoms with Crippen molar-refractivity contribution in [1.82, 2.24) is 19.7 Å². The maximum atomic E-state index is 11.0. The van der Waals surface area contributed by atoms with Gasteiger partial charge >= 0.3 is 11.7 Å². The molecule has 0 aliphatic heterocycles. The van der Waals surface area contributed by atoms with Gasteiger partial charge in [0.25, 0.3) is 10.8 Å². The molecule has 0 bridgehead atoms. The highest BCUT2D eigenvalue weighted by Crippen LogP contribution is 2.36. The predicted molar refractivity (Wildman–Crippen MR) is 119 cm³/mol. The number of nitrogens with zero attached hydrogens (tertiary/aromatic N) is 4. The van der Waals surface area contributed by atoms with Gasteiger partial charge in [-0.15, -0.1) is 0 Å². The molecular formula is C23H17N4O4S+. The quantitative estimate of drug-likeness (QED) is 0.354. The molecule has 0 atom stereocenters. The standard InChI is InChI=1S/C23H17N4O4S/c1-29-20-9-18-19(10-21(20)30-2)25-23(26-22(18)15-7-8-31-13-15)27-12-16(11-24-27)14-3-5-17(32-28)6-4-14/h3-13H,1-2H3/q+1. The van der Waals surface area contributed by atoms with E-state index in [0.717, 1.165) is 22.1 Å². The lowest BCUT2D eigenvalue weighted by atomic mass is 10.1. The first kappa shape index (κ1) is 19.8. The number of hydrogen-bond acceptors (Lipinski definition) is 7. The molecule has 0 spiro atoms. The summed E-state index contributed by atoms with van der Waals surface area (Å²) in [6.45, 7) is 0. The number of aromatic nitrogens is 4. The van der Waals surface area contributed by atoms with Crippen LogP contribution < -0.4 is 9.47 Å². The van der Waals surface area contributed by atoms with E-state index in [0.29, 0.717) is 45.2 Å². The number of furan rings is 1. The van der Waals surface area contributed by atoms with Crippen molar-refractivity contribution in [2.24, 2.45) is 0 Å². The number of rotatable bonds is 6. The van der Waals surface area contributed by atoms with Gasteiger partial charge in [-0.3, -0.25) is 0 Å². The molecule has 0 N–H and O–H groups in total. The smallest absolute Gasteiger partial charge is 0.493 e. The molecule has 32 heavy (non-hydrogen) atoms. The molecule has 8 nitrogen and oxygen atoms in total. The lowest BCUT2D eigenvalue weighted by Gasteiger charge is -2.12. The van der Waals surface area contributed by atoms with E-state index < -0.39 is 0 Å². The zero-order valence-electron chi connectivity index (χ0n) is 17.2. The molecule has 0 aliphatic rings. The second-order valence-electron chi connectivity index (χ2n) is 6.89. The van der Waals surface area contributed by atoms with Gasteiger partial charge in [0.1, 0.15) is 0 Å². The monoisotopic (exact) mass is 445 g/mol. The Balaban J connectivity index is 1.66. The summed E-state index contributed by atoms with van der Waals surface area (Å²) in [7, 11) is 3.17. The summed E-state index contributed by atoms with van der Waals surface area (Å²) in [5, 5.41) is 5.25. The third-order valence-corrected chi connectivity index (χ3v) is 5.52. The van der Waals surface area contributed by atoms with Crippen molar-refractivity contribution in [1.29, 1.82) is 0 Å². The fourth-order valence-electron chi connectivity index (χ4n) is 3.45. The van der Waals surface area contributed by atoms with Crippen LogP contribution in [0, 0.1) is 0 Å². The van der Waals surface area contributed by atoms with E-state index in [1.54, 1.807) is 49.8 Å². The minimum atomic E-state index is 0.402. The van der Waals surface area contributed by atoms with Gasteiger partial charge in [-0.2, -0.15) is 5.10 Å². The van der Waals surface area contributed by atoms with Crippen molar-refractivity contribution < 1.29 is 18.1 Å². The molecule has 0 radical (unpaired) electrons. The molecule has 9 heteroatoms. The third-order valence-electron chi connectivity index (χ3n) is 5.06. The van der Waals surface area contributed by atoms with Gasteiger partial charge in [0.05, 0.1) is 44.2 Å². The van der Waals surface area contributed by atoms with Crippen molar-refractivity contribution in [3.05, 3.63) is 67.4 Å². The summed E-state index contributed by atoms with van der Waals surface area (Å²) in [4.78, 5) is 10.1. The van der Waals surface area contributed by atoms with Crippen LogP contribution in [0.2, 0.25) is 0 Å². The molecule has 0 amide bonds. The van der Waals surface area contributed by atoms with E-state index in [2.05, 4.69) is 5.10 Å². The Morgan fingerprint density at radius 2 is 1.72 bits per heavy atom. The number of fused-ring (bicyclic) bond motifs is 1. The van der Waals surface area contributed by atoms with Crippen molar-refractivity contribution in [3.8, 4) is 39.8 Å². The lowest BCUT2D eigenvalue weighted by Crippen LogP contribution is -2.04.